The number of carbonyl (C=O) groups excluding carboxylic acids is 1. The van der Waals surface area contributed by atoms with Crippen LogP contribution in [-0.4, -0.2) is 47.2 Å². The molecule has 1 saturated heterocycles. The number of nitrogens with one attached hydrogen (secondary N) is 1. The number of aliphatic hydroxyl groups excluding tert-OH is 1. The van der Waals surface area contributed by atoms with E-state index in [1.165, 1.54) is 0 Å². The lowest BCUT2D eigenvalue weighted by molar-refractivity contribution is -0.142. The van der Waals surface area contributed by atoms with Crippen LogP contribution in [0.5, 0.6) is 0 Å². The normalized spacial score (nSPS) is 22.0. The summed E-state index contributed by atoms with van der Waals surface area (Å²) in [6.07, 6.45) is 3.66. The van der Waals surface area contributed by atoms with Crippen LogP contribution in [0, 0.1) is 0 Å². The average Bonchev–Trinajstić information content (AvgIpc) is 2.27. The number of hydrogen-bond donors (Lipinski definition) is 2. The van der Waals surface area contributed by atoms with Crippen LogP contribution in [-0.2, 0) is 4.79 Å². The summed E-state index contributed by atoms with van der Waals surface area (Å²) in [6, 6.07) is -0.0262. The molecule has 1 unspecified atom stereocenters. The van der Waals surface area contributed by atoms with E-state index in [4.69, 9.17) is 5.11 Å². The van der Waals surface area contributed by atoms with Crippen LogP contribution in [0.3, 0.4) is 0 Å². The average molecular weight is 242 g/mol. The van der Waals surface area contributed by atoms with Gasteiger partial charge in [0.05, 0.1) is 6.04 Å². The summed E-state index contributed by atoms with van der Waals surface area (Å²) >= 11 is 0. The second-order valence-electron chi connectivity index (χ2n) is 5.42. The predicted molar refractivity (Wildman–Crippen MR) is 68.8 cm³/mol. The number of amides is 1. The first-order valence-corrected chi connectivity index (χ1v) is 6.68. The van der Waals surface area contributed by atoms with Crippen LogP contribution in [0.4, 0.5) is 0 Å². The zero-order valence-corrected chi connectivity index (χ0v) is 11.3. The molecule has 4 heteroatoms. The van der Waals surface area contributed by atoms with Gasteiger partial charge in [0.1, 0.15) is 0 Å². The van der Waals surface area contributed by atoms with E-state index in [9.17, 15) is 4.79 Å². The minimum Gasteiger partial charge on any atom is -0.396 e. The van der Waals surface area contributed by atoms with Gasteiger partial charge in [0.25, 0.3) is 0 Å². The molecule has 0 aliphatic carbocycles. The molecule has 2 N–H and O–H groups in total. The lowest BCUT2D eigenvalue weighted by Crippen LogP contribution is -2.58. The summed E-state index contributed by atoms with van der Waals surface area (Å²) in [4.78, 5) is 14.3. The van der Waals surface area contributed by atoms with Crippen molar-refractivity contribution in [1.82, 2.24) is 10.2 Å². The van der Waals surface area contributed by atoms with Crippen molar-refractivity contribution < 1.29 is 9.90 Å². The van der Waals surface area contributed by atoms with Gasteiger partial charge in [0.15, 0.2) is 0 Å². The molecule has 100 valence electrons. The zero-order valence-electron chi connectivity index (χ0n) is 11.3. The molecule has 0 saturated carbocycles. The van der Waals surface area contributed by atoms with E-state index in [-0.39, 0.29) is 24.1 Å². The number of likely N-dealkylation sites (tertiary alicyclic amines) is 1. The molecule has 0 radical (unpaired) electrons. The largest absolute Gasteiger partial charge is 0.396 e. The van der Waals surface area contributed by atoms with Gasteiger partial charge in [-0.15, -0.1) is 0 Å². The summed E-state index contributed by atoms with van der Waals surface area (Å²) in [5.41, 5.74) is -0.238. The quantitative estimate of drug-likeness (QED) is 0.734. The van der Waals surface area contributed by atoms with Crippen LogP contribution in [0.1, 0.15) is 46.5 Å². The molecule has 0 aromatic rings. The van der Waals surface area contributed by atoms with Crippen molar-refractivity contribution >= 4 is 5.91 Å². The smallest absolute Gasteiger partial charge is 0.240 e. The highest BCUT2D eigenvalue weighted by atomic mass is 16.3. The Morgan fingerprint density at radius 2 is 2.24 bits per heavy atom. The van der Waals surface area contributed by atoms with E-state index in [0.29, 0.717) is 6.42 Å². The minimum atomic E-state index is -0.238. The highest BCUT2D eigenvalue weighted by Crippen LogP contribution is 2.24. The van der Waals surface area contributed by atoms with Gasteiger partial charge in [-0.05, 0) is 46.1 Å². The fraction of sp³-hybridized carbons (Fsp3) is 0.923. The van der Waals surface area contributed by atoms with Crippen LogP contribution >= 0.6 is 0 Å². The number of hydrogen-bond acceptors (Lipinski definition) is 3. The predicted octanol–water partition coefficient (Wildman–Crippen LogP) is 1.14. The first kappa shape index (κ1) is 14.5. The van der Waals surface area contributed by atoms with Crippen molar-refractivity contribution in [2.75, 3.05) is 19.7 Å². The zero-order chi connectivity index (χ0) is 12.9. The molecule has 1 amide bonds. The van der Waals surface area contributed by atoms with E-state index in [1.807, 2.05) is 18.7 Å². The van der Waals surface area contributed by atoms with Crippen molar-refractivity contribution in [3.63, 3.8) is 0 Å². The van der Waals surface area contributed by atoms with Crippen LogP contribution in [0.15, 0.2) is 0 Å². The first-order chi connectivity index (χ1) is 8.03. The molecule has 0 aromatic heterocycles. The molecule has 1 rings (SSSR count). The Labute approximate surface area is 104 Å². The van der Waals surface area contributed by atoms with Crippen molar-refractivity contribution in [2.45, 2.75) is 58.0 Å². The Morgan fingerprint density at radius 1 is 1.53 bits per heavy atom. The summed E-state index contributed by atoms with van der Waals surface area (Å²) < 4.78 is 0. The van der Waals surface area contributed by atoms with Gasteiger partial charge in [-0.25, -0.2) is 0 Å². The molecule has 0 aromatic carbocycles. The molecule has 0 bridgehead atoms. The fourth-order valence-corrected chi connectivity index (χ4v) is 2.39. The maximum Gasteiger partial charge on any atom is 0.240 e. The number of piperidine rings is 1. The van der Waals surface area contributed by atoms with E-state index < -0.39 is 0 Å². The van der Waals surface area contributed by atoms with Gasteiger partial charge in [-0.2, -0.15) is 0 Å². The summed E-state index contributed by atoms with van der Waals surface area (Å²) in [7, 11) is 0. The first-order valence-electron chi connectivity index (χ1n) is 6.68. The summed E-state index contributed by atoms with van der Waals surface area (Å²) in [5.74, 6) is 0.197. The van der Waals surface area contributed by atoms with Crippen molar-refractivity contribution in [2.24, 2.45) is 0 Å². The third kappa shape index (κ3) is 3.68. The second kappa shape index (κ2) is 6.36. The molecule has 4 nitrogen and oxygen atoms in total. The molecular formula is C13H26N2O2. The standard InChI is InChI=1S/C13H26N2O2/c1-4-8-14-11-6-5-9-15(12(11)17)13(2,3)7-10-16/h11,14,16H,4-10H2,1-3H3. The summed E-state index contributed by atoms with van der Waals surface area (Å²) in [5, 5.41) is 12.4. The number of aliphatic hydroxyl groups is 1. The van der Waals surface area contributed by atoms with Crippen molar-refractivity contribution in [1.29, 1.82) is 0 Å². The van der Waals surface area contributed by atoms with Crippen molar-refractivity contribution in [3.05, 3.63) is 0 Å². The molecule has 1 heterocycles. The maximum absolute atomic E-state index is 12.3. The Morgan fingerprint density at radius 3 is 2.82 bits per heavy atom. The van der Waals surface area contributed by atoms with E-state index in [0.717, 1.165) is 32.4 Å². The monoisotopic (exact) mass is 242 g/mol. The second-order valence-corrected chi connectivity index (χ2v) is 5.42. The fourth-order valence-electron chi connectivity index (χ4n) is 2.39. The highest BCUT2D eigenvalue weighted by Gasteiger charge is 2.36. The van der Waals surface area contributed by atoms with E-state index >= 15 is 0 Å². The molecule has 1 aliphatic heterocycles. The van der Waals surface area contributed by atoms with Gasteiger partial charge in [0, 0.05) is 18.7 Å². The van der Waals surface area contributed by atoms with E-state index in [2.05, 4.69) is 12.2 Å². The Hall–Kier alpha value is -0.610. The molecule has 17 heavy (non-hydrogen) atoms. The highest BCUT2D eigenvalue weighted by molar-refractivity contribution is 5.83. The molecular weight excluding hydrogens is 216 g/mol. The van der Waals surface area contributed by atoms with Gasteiger partial charge >= 0.3 is 0 Å². The number of nitrogens with zero attached hydrogens (tertiary/aromatic N) is 1. The van der Waals surface area contributed by atoms with Gasteiger partial charge in [-0.1, -0.05) is 6.92 Å². The number of rotatable bonds is 6. The topological polar surface area (TPSA) is 52.6 Å². The third-order valence-electron chi connectivity index (χ3n) is 3.53. The molecule has 1 aliphatic rings. The summed E-state index contributed by atoms with van der Waals surface area (Å²) in [6.45, 7) is 8.01. The minimum absolute atomic E-state index is 0.0262. The lowest BCUT2D eigenvalue weighted by atomic mass is 9.93. The number of carbonyl (C=O) groups is 1. The molecule has 1 fully saturated rings. The van der Waals surface area contributed by atoms with Crippen LogP contribution in [0.25, 0.3) is 0 Å². The van der Waals surface area contributed by atoms with Gasteiger partial charge in [0.2, 0.25) is 5.91 Å². The van der Waals surface area contributed by atoms with Crippen LogP contribution < -0.4 is 5.32 Å². The van der Waals surface area contributed by atoms with E-state index in [1.54, 1.807) is 0 Å². The van der Waals surface area contributed by atoms with Crippen LogP contribution in [0.2, 0.25) is 0 Å². The maximum atomic E-state index is 12.3. The van der Waals surface area contributed by atoms with Gasteiger partial charge < -0.3 is 15.3 Å². The van der Waals surface area contributed by atoms with Gasteiger partial charge in [-0.3, -0.25) is 4.79 Å². The SMILES string of the molecule is CCCNC1CCCN(C(C)(C)CCO)C1=O. The Bertz CT molecular complexity index is 254. The Kier molecular flexibility index (Phi) is 5.40. The Balaban J connectivity index is 2.64. The lowest BCUT2D eigenvalue weighted by Gasteiger charge is -2.43. The van der Waals surface area contributed by atoms with Crippen molar-refractivity contribution in [3.8, 4) is 0 Å². The third-order valence-corrected chi connectivity index (χ3v) is 3.53. The molecule has 1 atom stereocenters. The molecule has 0 spiro atoms.